The predicted molar refractivity (Wildman–Crippen MR) is 62.3 cm³/mol. The van der Waals surface area contributed by atoms with Gasteiger partial charge in [-0.15, -0.1) is 0 Å². The summed E-state index contributed by atoms with van der Waals surface area (Å²) >= 11 is 0. The van der Waals surface area contributed by atoms with Gasteiger partial charge in [0.15, 0.2) is 8.32 Å². The highest BCUT2D eigenvalue weighted by Gasteiger charge is 2.37. The first-order chi connectivity index (χ1) is 6.89. The highest BCUT2D eigenvalue weighted by molar-refractivity contribution is 6.69. The first-order valence-electron chi connectivity index (χ1n) is 5.36. The Labute approximate surface area is 94.0 Å². The van der Waals surface area contributed by atoms with Crippen molar-refractivity contribution in [1.29, 1.82) is 0 Å². The van der Waals surface area contributed by atoms with Gasteiger partial charge in [0, 0.05) is 20.3 Å². The van der Waals surface area contributed by atoms with Crippen molar-refractivity contribution in [3.05, 3.63) is 0 Å². The second-order valence-corrected chi connectivity index (χ2v) is 8.60. The molecule has 0 bridgehead atoms. The van der Waals surface area contributed by atoms with Crippen LogP contribution in [0.5, 0.6) is 0 Å². The van der Waals surface area contributed by atoms with Crippen molar-refractivity contribution in [1.82, 2.24) is 0 Å². The van der Waals surface area contributed by atoms with Gasteiger partial charge in [-0.3, -0.25) is 0 Å². The van der Waals surface area contributed by atoms with E-state index in [4.69, 9.17) is 18.6 Å². The molecular formula is C10H24O4Si. The molecule has 0 heterocycles. The van der Waals surface area contributed by atoms with E-state index in [9.17, 15) is 0 Å². The minimum atomic E-state index is -1.73. The zero-order valence-electron chi connectivity index (χ0n) is 10.8. The molecule has 15 heavy (non-hydrogen) atoms. The van der Waals surface area contributed by atoms with Gasteiger partial charge in [-0.05, 0) is 33.5 Å². The molecule has 0 aromatic carbocycles. The average molecular weight is 236 g/mol. The lowest BCUT2D eigenvalue weighted by Gasteiger charge is -2.36. The third kappa shape index (κ3) is 6.27. The molecule has 0 amide bonds. The number of hydrogen-bond acceptors (Lipinski definition) is 4. The van der Waals surface area contributed by atoms with Gasteiger partial charge in [0.25, 0.3) is 5.97 Å². The van der Waals surface area contributed by atoms with Gasteiger partial charge in [-0.2, -0.15) is 0 Å². The first-order valence-corrected chi connectivity index (χ1v) is 8.77. The number of hydrogen-bond donors (Lipinski definition) is 0. The Kier molecular flexibility index (Phi) is 6.62. The second-order valence-electron chi connectivity index (χ2n) is 4.17. The molecule has 0 rings (SSSR count). The van der Waals surface area contributed by atoms with Crippen LogP contribution in [0.2, 0.25) is 19.6 Å². The van der Waals surface area contributed by atoms with Crippen LogP contribution in [0.1, 0.15) is 13.8 Å². The van der Waals surface area contributed by atoms with Crippen molar-refractivity contribution in [2.24, 2.45) is 0 Å². The summed E-state index contributed by atoms with van der Waals surface area (Å²) in [5, 5.41) is 0. The fraction of sp³-hybridized carbons (Fsp3) is 1.00. The summed E-state index contributed by atoms with van der Waals surface area (Å²) in [6, 6.07) is 0. The van der Waals surface area contributed by atoms with Crippen LogP contribution in [0.25, 0.3) is 0 Å². The fourth-order valence-corrected chi connectivity index (χ4v) is 2.31. The smallest absolute Gasteiger partial charge is 0.298 e. The molecule has 0 aliphatic heterocycles. The Morgan fingerprint density at radius 2 is 1.67 bits per heavy atom. The molecule has 0 fully saturated rings. The molecule has 0 saturated heterocycles. The third-order valence-corrected chi connectivity index (χ3v) is 2.54. The Balaban J connectivity index is 4.49. The lowest BCUT2D eigenvalue weighted by atomic mass is 10.6. The average Bonchev–Trinajstić information content (AvgIpc) is 2.12. The molecule has 1 atom stereocenters. The van der Waals surface area contributed by atoms with Crippen molar-refractivity contribution in [2.45, 2.75) is 39.5 Å². The van der Waals surface area contributed by atoms with E-state index >= 15 is 0 Å². The van der Waals surface area contributed by atoms with Crippen LogP contribution in [0.15, 0.2) is 0 Å². The van der Waals surface area contributed by atoms with Crippen molar-refractivity contribution < 1.29 is 18.6 Å². The Hall–Kier alpha value is 0.0569. The van der Waals surface area contributed by atoms with Crippen molar-refractivity contribution in [3.8, 4) is 0 Å². The molecular weight excluding hydrogens is 212 g/mol. The molecule has 0 spiro atoms. The lowest BCUT2D eigenvalue weighted by molar-refractivity contribution is -0.353. The van der Waals surface area contributed by atoms with E-state index in [0.717, 1.165) is 0 Å². The zero-order valence-corrected chi connectivity index (χ0v) is 11.8. The van der Waals surface area contributed by atoms with E-state index < -0.39 is 14.3 Å². The highest BCUT2D eigenvalue weighted by atomic mass is 28.4. The van der Waals surface area contributed by atoms with Gasteiger partial charge in [-0.1, -0.05) is 0 Å². The van der Waals surface area contributed by atoms with E-state index in [1.54, 1.807) is 7.11 Å². The molecule has 0 aromatic rings. The molecule has 5 heteroatoms. The monoisotopic (exact) mass is 236 g/mol. The van der Waals surface area contributed by atoms with E-state index in [1.807, 2.05) is 13.8 Å². The standard InChI is InChI=1S/C10H24O4Si/c1-7-12-9-10(11-3,13-8-2)14-15(4,5)6/h7-9H2,1-6H3. The fourth-order valence-electron chi connectivity index (χ4n) is 1.17. The van der Waals surface area contributed by atoms with E-state index in [1.165, 1.54) is 0 Å². The van der Waals surface area contributed by atoms with Gasteiger partial charge in [0.1, 0.15) is 6.61 Å². The Morgan fingerprint density at radius 1 is 1.07 bits per heavy atom. The summed E-state index contributed by atoms with van der Waals surface area (Å²) in [6.07, 6.45) is 0. The van der Waals surface area contributed by atoms with E-state index in [0.29, 0.717) is 19.8 Å². The normalized spacial score (nSPS) is 16.4. The SMILES string of the molecule is CCOCC(OC)(OCC)O[Si](C)(C)C. The number of methoxy groups -OCH3 is 1. The van der Waals surface area contributed by atoms with E-state index in [-0.39, 0.29) is 0 Å². The number of ether oxygens (including phenoxy) is 3. The third-order valence-electron chi connectivity index (χ3n) is 1.62. The van der Waals surface area contributed by atoms with Crippen LogP contribution in [0.4, 0.5) is 0 Å². The van der Waals surface area contributed by atoms with E-state index in [2.05, 4.69) is 19.6 Å². The maximum atomic E-state index is 5.89. The summed E-state index contributed by atoms with van der Waals surface area (Å²) in [5.74, 6) is -1.03. The summed E-state index contributed by atoms with van der Waals surface area (Å²) in [5.41, 5.74) is 0. The minimum absolute atomic E-state index is 0.304. The summed E-state index contributed by atoms with van der Waals surface area (Å²) in [4.78, 5) is 0. The van der Waals surface area contributed by atoms with Crippen molar-refractivity contribution in [3.63, 3.8) is 0 Å². The van der Waals surface area contributed by atoms with Gasteiger partial charge in [-0.25, -0.2) is 0 Å². The quantitative estimate of drug-likeness (QED) is 0.478. The topological polar surface area (TPSA) is 36.9 Å². The van der Waals surface area contributed by atoms with Crippen molar-refractivity contribution in [2.75, 3.05) is 26.9 Å². The van der Waals surface area contributed by atoms with Crippen LogP contribution in [-0.4, -0.2) is 41.2 Å². The lowest BCUT2D eigenvalue weighted by Crippen LogP contribution is -2.49. The largest absolute Gasteiger partial charge is 0.373 e. The highest BCUT2D eigenvalue weighted by Crippen LogP contribution is 2.21. The molecule has 92 valence electrons. The van der Waals surface area contributed by atoms with Crippen LogP contribution >= 0.6 is 0 Å². The maximum Gasteiger partial charge on any atom is 0.298 e. The van der Waals surface area contributed by atoms with Gasteiger partial charge in [0.2, 0.25) is 0 Å². The molecule has 0 aliphatic rings. The van der Waals surface area contributed by atoms with Crippen LogP contribution in [0, 0.1) is 0 Å². The van der Waals surface area contributed by atoms with Gasteiger partial charge in [0.05, 0.1) is 0 Å². The Morgan fingerprint density at radius 3 is 2.00 bits per heavy atom. The molecule has 1 unspecified atom stereocenters. The van der Waals surface area contributed by atoms with Crippen LogP contribution < -0.4 is 0 Å². The first kappa shape index (κ1) is 15.1. The van der Waals surface area contributed by atoms with Crippen molar-refractivity contribution >= 4 is 8.32 Å². The molecule has 0 aliphatic carbocycles. The minimum Gasteiger partial charge on any atom is -0.373 e. The molecule has 0 saturated carbocycles. The second kappa shape index (κ2) is 6.60. The van der Waals surface area contributed by atoms with Crippen LogP contribution in [0.3, 0.4) is 0 Å². The zero-order chi connectivity index (χ0) is 11.9. The molecule has 0 radical (unpaired) electrons. The van der Waals surface area contributed by atoms with Gasteiger partial charge >= 0.3 is 0 Å². The summed E-state index contributed by atoms with van der Waals surface area (Å²) in [6.45, 7) is 11.6. The number of rotatable bonds is 8. The molecule has 0 aromatic heterocycles. The van der Waals surface area contributed by atoms with Gasteiger partial charge < -0.3 is 18.6 Å². The maximum absolute atomic E-state index is 5.89. The Bertz CT molecular complexity index is 169. The predicted octanol–water partition coefficient (Wildman–Crippen LogP) is 2.21. The molecule has 0 N–H and O–H groups in total. The molecule has 4 nitrogen and oxygen atoms in total. The summed E-state index contributed by atoms with van der Waals surface area (Å²) < 4.78 is 22.1. The summed E-state index contributed by atoms with van der Waals surface area (Å²) in [7, 11) is -0.153. The van der Waals surface area contributed by atoms with Crippen LogP contribution in [-0.2, 0) is 18.6 Å².